The molecule has 2 unspecified atom stereocenters. The van der Waals surface area contributed by atoms with Crippen LogP contribution in [0.2, 0.25) is 0 Å². The fourth-order valence-electron chi connectivity index (χ4n) is 2.68. The fraction of sp³-hybridized carbons (Fsp3) is 0.786. The molecule has 0 aromatic carbocycles. The van der Waals surface area contributed by atoms with Gasteiger partial charge in [-0.1, -0.05) is 6.58 Å². The summed E-state index contributed by atoms with van der Waals surface area (Å²) in [6.45, 7) is 4.28. The third kappa shape index (κ3) is 3.56. The number of aliphatic hydroxyl groups excluding tert-OH is 1. The average molecular weight is 254 g/mol. The second-order valence-electron chi connectivity index (χ2n) is 5.20. The second-order valence-corrected chi connectivity index (χ2v) is 5.20. The highest BCUT2D eigenvalue weighted by Gasteiger charge is 2.30. The van der Waals surface area contributed by atoms with Gasteiger partial charge in [-0.15, -0.1) is 0 Å². The van der Waals surface area contributed by atoms with E-state index in [0.29, 0.717) is 6.42 Å². The Kier molecular flexibility index (Phi) is 4.78. The molecule has 2 heterocycles. The van der Waals surface area contributed by atoms with Gasteiger partial charge in [0.2, 0.25) is 0 Å². The average Bonchev–Trinajstić information content (AvgIpc) is 2.90. The number of hydrogen-bond acceptors (Lipinski definition) is 4. The summed E-state index contributed by atoms with van der Waals surface area (Å²) >= 11 is 0. The summed E-state index contributed by atoms with van der Waals surface area (Å²) in [5, 5.41) is 8.80. The normalized spacial score (nSPS) is 31.9. The van der Waals surface area contributed by atoms with Crippen LogP contribution in [-0.4, -0.2) is 36.0 Å². The third-order valence-electron chi connectivity index (χ3n) is 3.71. The molecule has 0 aromatic rings. The Labute approximate surface area is 108 Å². The van der Waals surface area contributed by atoms with E-state index in [-0.39, 0.29) is 30.9 Å². The number of hydrogen-bond donors (Lipinski definition) is 1. The summed E-state index contributed by atoms with van der Waals surface area (Å²) in [6.07, 6.45) is 6.10. The molecule has 18 heavy (non-hydrogen) atoms. The second kappa shape index (κ2) is 6.34. The van der Waals surface area contributed by atoms with E-state index in [1.807, 2.05) is 0 Å². The summed E-state index contributed by atoms with van der Waals surface area (Å²) in [7, 11) is 0. The van der Waals surface area contributed by atoms with E-state index >= 15 is 0 Å². The molecule has 0 radical (unpaired) electrons. The van der Waals surface area contributed by atoms with Gasteiger partial charge in [-0.25, -0.2) is 0 Å². The Morgan fingerprint density at radius 2 is 2.11 bits per heavy atom. The Balaban J connectivity index is 1.69. The van der Waals surface area contributed by atoms with Crippen molar-refractivity contribution in [2.75, 3.05) is 6.61 Å². The quantitative estimate of drug-likeness (QED) is 0.581. The molecule has 2 saturated heterocycles. The van der Waals surface area contributed by atoms with Crippen LogP contribution in [0.4, 0.5) is 0 Å². The number of carbonyl (C=O) groups is 1. The molecule has 2 aliphatic heterocycles. The first-order chi connectivity index (χ1) is 8.69. The molecule has 0 saturated carbocycles. The highest BCUT2D eigenvalue weighted by Crippen LogP contribution is 2.31. The summed E-state index contributed by atoms with van der Waals surface area (Å²) in [6, 6.07) is 0. The van der Waals surface area contributed by atoms with E-state index in [0.717, 1.165) is 44.1 Å². The maximum Gasteiger partial charge on any atom is 0.306 e. The third-order valence-corrected chi connectivity index (χ3v) is 3.71. The molecule has 2 rings (SSSR count). The van der Waals surface area contributed by atoms with Crippen LogP contribution in [0.5, 0.6) is 0 Å². The number of cyclic esters (lactones) is 1. The first-order valence-corrected chi connectivity index (χ1v) is 6.82. The SMILES string of the molecule is C=C1C[C@H](CCCO)OC1CCC1CCC(=O)O1. The lowest BCUT2D eigenvalue weighted by atomic mass is 10.0. The summed E-state index contributed by atoms with van der Waals surface area (Å²) in [5.74, 6) is -0.0769. The van der Waals surface area contributed by atoms with Crippen molar-refractivity contribution in [3.63, 3.8) is 0 Å². The van der Waals surface area contributed by atoms with Crippen molar-refractivity contribution >= 4 is 5.97 Å². The van der Waals surface area contributed by atoms with Crippen molar-refractivity contribution in [1.29, 1.82) is 0 Å². The van der Waals surface area contributed by atoms with Crippen molar-refractivity contribution in [3.8, 4) is 0 Å². The molecule has 0 aliphatic carbocycles. The minimum Gasteiger partial charge on any atom is -0.462 e. The molecule has 3 atom stereocenters. The molecule has 0 bridgehead atoms. The lowest BCUT2D eigenvalue weighted by molar-refractivity contribution is -0.141. The number of aliphatic hydroxyl groups is 1. The van der Waals surface area contributed by atoms with Gasteiger partial charge in [-0.05, 0) is 44.1 Å². The Hall–Kier alpha value is -0.870. The van der Waals surface area contributed by atoms with Gasteiger partial charge in [0.15, 0.2) is 0 Å². The Morgan fingerprint density at radius 1 is 1.28 bits per heavy atom. The van der Waals surface area contributed by atoms with Crippen molar-refractivity contribution in [3.05, 3.63) is 12.2 Å². The minimum atomic E-state index is -0.0769. The van der Waals surface area contributed by atoms with Gasteiger partial charge in [-0.2, -0.15) is 0 Å². The van der Waals surface area contributed by atoms with Crippen LogP contribution in [0.3, 0.4) is 0 Å². The molecule has 0 spiro atoms. The topological polar surface area (TPSA) is 55.8 Å². The largest absolute Gasteiger partial charge is 0.462 e. The van der Waals surface area contributed by atoms with E-state index in [2.05, 4.69) is 6.58 Å². The number of rotatable bonds is 6. The van der Waals surface area contributed by atoms with Crippen molar-refractivity contribution in [2.24, 2.45) is 0 Å². The van der Waals surface area contributed by atoms with Gasteiger partial charge in [0.25, 0.3) is 0 Å². The van der Waals surface area contributed by atoms with Crippen LogP contribution in [0.1, 0.15) is 44.9 Å². The van der Waals surface area contributed by atoms with Gasteiger partial charge < -0.3 is 14.6 Å². The van der Waals surface area contributed by atoms with Gasteiger partial charge in [-0.3, -0.25) is 4.79 Å². The monoisotopic (exact) mass is 254 g/mol. The fourth-order valence-corrected chi connectivity index (χ4v) is 2.68. The number of esters is 1. The molecular formula is C14H22O4. The molecular weight excluding hydrogens is 232 g/mol. The molecule has 0 amide bonds. The van der Waals surface area contributed by atoms with Crippen molar-refractivity contribution in [1.82, 2.24) is 0 Å². The molecule has 0 aromatic heterocycles. The van der Waals surface area contributed by atoms with Gasteiger partial charge in [0.05, 0.1) is 12.2 Å². The summed E-state index contributed by atoms with van der Waals surface area (Å²) in [5.41, 5.74) is 1.14. The highest BCUT2D eigenvalue weighted by molar-refractivity contribution is 5.71. The van der Waals surface area contributed by atoms with Crippen LogP contribution in [0.15, 0.2) is 12.2 Å². The lowest BCUT2D eigenvalue weighted by Crippen LogP contribution is -2.15. The van der Waals surface area contributed by atoms with Gasteiger partial charge in [0.1, 0.15) is 6.10 Å². The van der Waals surface area contributed by atoms with Crippen LogP contribution >= 0.6 is 0 Å². The molecule has 4 heteroatoms. The zero-order chi connectivity index (χ0) is 13.0. The summed E-state index contributed by atoms with van der Waals surface area (Å²) in [4.78, 5) is 11.0. The first kappa shape index (κ1) is 13.6. The molecule has 2 fully saturated rings. The van der Waals surface area contributed by atoms with E-state index in [1.54, 1.807) is 0 Å². The smallest absolute Gasteiger partial charge is 0.306 e. The van der Waals surface area contributed by atoms with Crippen molar-refractivity contribution in [2.45, 2.75) is 63.3 Å². The molecule has 1 N–H and O–H groups in total. The van der Waals surface area contributed by atoms with E-state index < -0.39 is 0 Å². The molecule has 102 valence electrons. The standard InChI is InChI=1S/C14H22O4/c1-10-9-12(3-2-8-15)17-13(10)6-4-11-5-7-14(16)18-11/h11-13,15H,1-9H2/t11?,12-,13?/m0/s1. The van der Waals surface area contributed by atoms with Crippen LogP contribution in [-0.2, 0) is 14.3 Å². The maximum atomic E-state index is 11.0. The van der Waals surface area contributed by atoms with Crippen LogP contribution in [0.25, 0.3) is 0 Å². The predicted octanol–water partition coefficient (Wildman–Crippen LogP) is 1.96. The first-order valence-electron chi connectivity index (χ1n) is 6.82. The zero-order valence-corrected chi connectivity index (χ0v) is 10.8. The number of carbonyl (C=O) groups excluding carboxylic acids is 1. The molecule has 4 nitrogen and oxygen atoms in total. The summed E-state index contributed by atoms with van der Waals surface area (Å²) < 4.78 is 11.1. The van der Waals surface area contributed by atoms with Gasteiger partial charge in [0, 0.05) is 13.0 Å². The minimum absolute atomic E-state index is 0.0744. The zero-order valence-electron chi connectivity index (χ0n) is 10.8. The highest BCUT2D eigenvalue weighted by atomic mass is 16.5. The predicted molar refractivity (Wildman–Crippen MR) is 67.1 cm³/mol. The van der Waals surface area contributed by atoms with Crippen molar-refractivity contribution < 1.29 is 19.4 Å². The molecule has 2 aliphatic rings. The van der Waals surface area contributed by atoms with Crippen LogP contribution < -0.4 is 0 Å². The maximum absolute atomic E-state index is 11.0. The van der Waals surface area contributed by atoms with E-state index in [4.69, 9.17) is 14.6 Å². The lowest BCUT2D eigenvalue weighted by Gasteiger charge is -2.15. The van der Waals surface area contributed by atoms with E-state index in [1.165, 1.54) is 0 Å². The van der Waals surface area contributed by atoms with Gasteiger partial charge >= 0.3 is 5.97 Å². The van der Waals surface area contributed by atoms with Crippen LogP contribution in [0, 0.1) is 0 Å². The number of ether oxygens (including phenoxy) is 2. The Bertz CT molecular complexity index is 313. The van der Waals surface area contributed by atoms with E-state index in [9.17, 15) is 4.79 Å². The Morgan fingerprint density at radius 3 is 2.78 bits per heavy atom.